The number of β-amino-alcohol motifs (C(OH)–C–C–N with tert-alkyl or cyclic N) is 1. The van der Waals surface area contributed by atoms with Crippen molar-refractivity contribution in [3.63, 3.8) is 0 Å². The van der Waals surface area contributed by atoms with Crippen LogP contribution in [0, 0.1) is 0 Å². The molecule has 0 aromatic heterocycles. The summed E-state index contributed by atoms with van der Waals surface area (Å²) in [5.41, 5.74) is 5.21. The molecule has 1 saturated heterocycles. The molecule has 3 heteroatoms. The van der Waals surface area contributed by atoms with Crippen LogP contribution in [0.2, 0.25) is 0 Å². The number of aliphatic hydroxyl groups excluding tert-OH is 1. The first-order valence-corrected chi connectivity index (χ1v) is 2.43. The van der Waals surface area contributed by atoms with Gasteiger partial charge in [0.25, 0.3) is 0 Å². The molecule has 3 nitrogen and oxygen atoms in total. The monoisotopic (exact) mass is 102 g/mol. The van der Waals surface area contributed by atoms with Crippen LogP contribution in [0.15, 0.2) is 0 Å². The van der Waals surface area contributed by atoms with E-state index in [1.54, 1.807) is 0 Å². The lowest BCUT2D eigenvalue weighted by molar-refractivity contribution is 0.00397. The number of aliphatic hydroxyl groups is 1. The van der Waals surface area contributed by atoms with Crippen LogP contribution in [0.1, 0.15) is 0 Å². The van der Waals surface area contributed by atoms with Crippen molar-refractivity contribution in [2.45, 2.75) is 6.10 Å². The van der Waals surface area contributed by atoms with Crippen LogP contribution in [0.25, 0.3) is 0 Å². The van der Waals surface area contributed by atoms with Gasteiger partial charge in [-0.2, -0.15) is 0 Å². The average molecular weight is 102 g/mol. The molecular weight excluding hydrogens is 92.1 g/mol. The van der Waals surface area contributed by atoms with Crippen molar-refractivity contribution in [1.29, 1.82) is 0 Å². The highest BCUT2D eigenvalue weighted by Gasteiger charge is 2.21. The van der Waals surface area contributed by atoms with E-state index in [1.165, 1.54) is 0 Å². The predicted octanol–water partition coefficient (Wildman–Crippen LogP) is -1.42. The molecule has 0 aromatic rings. The molecule has 0 aliphatic carbocycles. The number of nitrogens with zero attached hydrogens (tertiary/aromatic N) is 1. The van der Waals surface area contributed by atoms with E-state index in [4.69, 9.17) is 10.8 Å². The van der Waals surface area contributed by atoms with Crippen molar-refractivity contribution in [3.8, 4) is 0 Å². The number of rotatable bonds is 1. The maximum atomic E-state index is 8.65. The normalized spacial score (nSPS) is 24.9. The molecule has 42 valence electrons. The number of nitrogens with two attached hydrogens (primary N) is 1. The molecular formula is C4H10N2O. The van der Waals surface area contributed by atoms with Crippen LogP contribution in [-0.4, -0.2) is 35.9 Å². The highest BCUT2D eigenvalue weighted by molar-refractivity contribution is 4.76. The Kier molecular flexibility index (Phi) is 1.27. The number of likely N-dealkylation sites (tertiary alicyclic amines) is 1. The van der Waals surface area contributed by atoms with E-state index in [2.05, 4.69) is 0 Å². The molecule has 7 heavy (non-hydrogen) atoms. The van der Waals surface area contributed by atoms with Gasteiger partial charge in [0.1, 0.15) is 0 Å². The van der Waals surface area contributed by atoms with E-state index in [0.29, 0.717) is 6.67 Å². The second kappa shape index (κ2) is 1.78. The molecule has 0 aromatic carbocycles. The van der Waals surface area contributed by atoms with E-state index in [9.17, 15) is 0 Å². The Balaban J connectivity index is 2.06. The fourth-order valence-corrected chi connectivity index (χ4v) is 0.692. The van der Waals surface area contributed by atoms with Crippen LogP contribution >= 0.6 is 0 Å². The Hall–Kier alpha value is -0.120. The van der Waals surface area contributed by atoms with Crippen molar-refractivity contribution >= 4 is 0 Å². The minimum atomic E-state index is -0.108. The first-order chi connectivity index (χ1) is 3.33. The third-order valence-electron chi connectivity index (χ3n) is 1.20. The lowest BCUT2D eigenvalue weighted by atomic mass is 10.2. The van der Waals surface area contributed by atoms with Crippen molar-refractivity contribution in [1.82, 2.24) is 4.90 Å². The third-order valence-corrected chi connectivity index (χ3v) is 1.20. The zero-order valence-corrected chi connectivity index (χ0v) is 4.17. The van der Waals surface area contributed by atoms with Crippen LogP contribution < -0.4 is 5.73 Å². The van der Waals surface area contributed by atoms with E-state index < -0.39 is 0 Å². The maximum absolute atomic E-state index is 8.65. The molecule has 0 radical (unpaired) electrons. The Bertz CT molecular complexity index is 60.7. The molecule has 0 spiro atoms. The van der Waals surface area contributed by atoms with Gasteiger partial charge in [0.2, 0.25) is 0 Å². The smallest absolute Gasteiger partial charge is 0.0794 e. The zero-order valence-electron chi connectivity index (χ0n) is 4.17. The molecule has 0 atom stereocenters. The highest BCUT2D eigenvalue weighted by atomic mass is 16.3. The molecule has 3 N–H and O–H groups in total. The van der Waals surface area contributed by atoms with Gasteiger partial charge in [-0.1, -0.05) is 0 Å². The molecule has 0 bridgehead atoms. The summed E-state index contributed by atoms with van der Waals surface area (Å²) in [5, 5.41) is 8.65. The lowest BCUT2D eigenvalue weighted by Gasteiger charge is -2.34. The Morgan fingerprint density at radius 2 is 2.29 bits per heavy atom. The second-order valence-corrected chi connectivity index (χ2v) is 1.87. The summed E-state index contributed by atoms with van der Waals surface area (Å²) in [6.45, 7) is 2.10. The van der Waals surface area contributed by atoms with Gasteiger partial charge < -0.3 is 10.8 Å². The Morgan fingerprint density at radius 3 is 2.43 bits per heavy atom. The van der Waals surface area contributed by atoms with Crippen LogP contribution in [0.5, 0.6) is 0 Å². The molecule has 1 aliphatic heterocycles. The lowest BCUT2D eigenvalue weighted by Crippen LogP contribution is -2.52. The number of hydrogen-bond donors (Lipinski definition) is 2. The van der Waals surface area contributed by atoms with E-state index in [1.807, 2.05) is 4.90 Å². The SMILES string of the molecule is NCN1CC(O)C1. The maximum Gasteiger partial charge on any atom is 0.0794 e. The van der Waals surface area contributed by atoms with Crippen molar-refractivity contribution in [2.75, 3.05) is 19.8 Å². The van der Waals surface area contributed by atoms with Gasteiger partial charge in [-0.05, 0) is 0 Å². The zero-order chi connectivity index (χ0) is 5.28. The third kappa shape index (κ3) is 0.907. The largest absolute Gasteiger partial charge is 0.390 e. The van der Waals surface area contributed by atoms with Crippen LogP contribution in [0.4, 0.5) is 0 Å². The summed E-state index contributed by atoms with van der Waals surface area (Å²) in [6, 6.07) is 0. The van der Waals surface area contributed by atoms with Gasteiger partial charge in [0, 0.05) is 19.8 Å². The predicted molar refractivity (Wildman–Crippen MR) is 26.6 cm³/mol. The molecule has 1 rings (SSSR count). The standard InChI is InChI=1S/C4H10N2O/c5-3-6-1-4(7)2-6/h4,7H,1-3,5H2. The quantitative estimate of drug-likeness (QED) is 0.427. The summed E-state index contributed by atoms with van der Waals surface area (Å²) < 4.78 is 0. The summed E-state index contributed by atoms with van der Waals surface area (Å²) >= 11 is 0. The molecule has 1 aliphatic rings. The highest BCUT2D eigenvalue weighted by Crippen LogP contribution is 2.02. The second-order valence-electron chi connectivity index (χ2n) is 1.87. The first kappa shape index (κ1) is 5.03. The molecule has 0 saturated carbocycles. The van der Waals surface area contributed by atoms with E-state index in [-0.39, 0.29) is 6.10 Å². The van der Waals surface area contributed by atoms with Gasteiger partial charge >= 0.3 is 0 Å². The van der Waals surface area contributed by atoms with E-state index in [0.717, 1.165) is 13.1 Å². The summed E-state index contributed by atoms with van der Waals surface area (Å²) in [5.74, 6) is 0. The molecule has 1 heterocycles. The van der Waals surface area contributed by atoms with Crippen LogP contribution in [-0.2, 0) is 0 Å². The van der Waals surface area contributed by atoms with Gasteiger partial charge in [-0.3, -0.25) is 4.90 Å². The van der Waals surface area contributed by atoms with Crippen molar-refractivity contribution in [2.24, 2.45) is 5.73 Å². The van der Waals surface area contributed by atoms with E-state index >= 15 is 0 Å². The fourth-order valence-electron chi connectivity index (χ4n) is 0.692. The Labute approximate surface area is 42.7 Å². The van der Waals surface area contributed by atoms with Gasteiger partial charge in [0.15, 0.2) is 0 Å². The minimum absolute atomic E-state index is 0.108. The van der Waals surface area contributed by atoms with Crippen molar-refractivity contribution in [3.05, 3.63) is 0 Å². The molecule has 0 unspecified atom stereocenters. The van der Waals surface area contributed by atoms with Crippen LogP contribution in [0.3, 0.4) is 0 Å². The summed E-state index contributed by atoms with van der Waals surface area (Å²) in [7, 11) is 0. The minimum Gasteiger partial charge on any atom is -0.390 e. The molecule has 1 fully saturated rings. The fraction of sp³-hybridized carbons (Fsp3) is 1.00. The summed E-state index contributed by atoms with van der Waals surface area (Å²) in [6.07, 6.45) is -0.108. The van der Waals surface area contributed by atoms with Gasteiger partial charge in [-0.15, -0.1) is 0 Å². The first-order valence-electron chi connectivity index (χ1n) is 2.43. The Morgan fingerprint density at radius 1 is 1.71 bits per heavy atom. The molecule has 0 amide bonds. The van der Waals surface area contributed by atoms with Gasteiger partial charge in [0.05, 0.1) is 6.10 Å². The average Bonchev–Trinajstić information content (AvgIpc) is 1.58. The van der Waals surface area contributed by atoms with Crippen molar-refractivity contribution < 1.29 is 5.11 Å². The summed E-state index contributed by atoms with van der Waals surface area (Å²) in [4.78, 5) is 1.98. The van der Waals surface area contributed by atoms with Gasteiger partial charge in [-0.25, -0.2) is 0 Å². The number of hydrogen-bond acceptors (Lipinski definition) is 3. The topological polar surface area (TPSA) is 49.5 Å².